The Morgan fingerprint density at radius 3 is 2.89 bits per heavy atom. The van der Waals surface area contributed by atoms with Crippen LogP contribution in [-0.2, 0) is 9.53 Å². The summed E-state index contributed by atoms with van der Waals surface area (Å²) >= 11 is 1.49. The molecule has 0 rings (SSSR count). The third-order valence-electron chi connectivity index (χ3n) is 0.944. The van der Waals surface area contributed by atoms with E-state index in [9.17, 15) is 4.79 Å². The second-order valence-corrected chi connectivity index (χ2v) is 2.85. The molecule has 0 aliphatic rings. The minimum absolute atomic E-state index is 0.00690. The summed E-state index contributed by atoms with van der Waals surface area (Å²) in [6, 6.07) is 0. The Kier molecular flexibility index (Phi) is 3.60. The molecule has 0 heterocycles. The van der Waals surface area contributed by atoms with Gasteiger partial charge in [-0.25, -0.2) is 0 Å². The number of ether oxygens (including phenoxy) is 1. The molecule has 0 aromatic carbocycles. The lowest BCUT2D eigenvalue weighted by atomic mass is 10.3. The van der Waals surface area contributed by atoms with Crippen molar-refractivity contribution >= 4 is 17.7 Å². The predicted octanol–water partition coefficient (Wildman–Crippen LogP) is 1.30. The Labute approximate surface area is 61.4 Å². The van der Waals surface area contributed by atoms with E-state index in [4.69, 9.17) is 1.37 Å². The second-order valence-electron chi connectivity index (χ2n) is 1.63. The van der Waals surface area contributed by atoms with Gasteiger partial charge in [0.05, 0.1) is 13.5 Å². The first-order chi connectivity index (χ1) is 4.63. The van der Waals surface area contributed by atoms with Crippen molar-refractivity contribution in [3.63, 3.8) is 0 Å². The molecule has 0 saturated carbocycles. The van der Waals surface area contributed by atoms with Crippen molar-refractivity contribution in [2.24, 2.45) is 0 Å². The van der Waals surface area contributed by atoms with E-state index in [-0.39, 0.29) is 5.25 Å². The SMILES string of the molecule is [2H][C@H](C(=O)OC)[C@H](C)SC. The first-order valence-corrected chi connectivity index (χ1v) is 3.95. The van der Waals surface area contributed by atoms with Gasteiger partial charge in [-0.3, -0.25) is 4.79 Å². The molecule has 54 valence electrons. The quantitative estimate of drug-likeness (QED) is 0.566. The van der Waals surface area contributed by atoms with Crippen LogP contribution < -0.4 is 0 Å². The molecule has 3 heteroatoms. The maximum Gasteiger partial charge on any atom is 0.306 e. The molecule has 0 fully saturated rings. The lowest BCUT2D eigenvalue weighted by Crippen LogP contribution is -2.07. The van der Waals surface area contributed by atoms with Crippen molar-refractivity contribution in [1.29, 1.82) is 0 Å². The van der Waals surface area contributed by atoms with E-state index in [1.54, 1.807) is 0 Å². The molecule has 0 spiro atoms. The summed E-state index contributed by atoms with van der Waals surface area (Å²) in [6.07, 6.45) is 1.12. The Hall–Kier alpha value is -0.180. The summed E-state index contributed by atoms with van der Waals surface area (Å²) in [7, 11) is 1.30. The highest BCUT2D eigenvalue weighted by Crippen LogP contribution is 2.09. The van der Waals surface area contributed by atoms with Crippen molar-refractivity contribution in [3.05, 3.63) is 0 Å². The molecule has 2 atom stereocenters. The minimum Gasteiger partial charge on any atom is -0.469 e. The number of hydrogen-bond acceptors (Lipinski definition) is 3. The molecular formula is C6H12O2S. The van der Waals surface area contributed by atoms with E-state index in [0.29, 0.717) is 0 Å². The number of carbonyl (C=O) groups is 1. The van der Waals surface area contributed by atoms with E-state index in [2.05, 4.69) is 4.74 Å². The molecule has 0 aromatic rings. The molecule has 0 aromatic heterocycles. The van der Waals surface area contributed by atoms with E-state index in [1.807, 2.05) is 13.2 Å². The third kappa shape index (κ3) is 4.33. The zero-order valence-corrected chi connectivity index (χ0v) is 6.70. The molecule has 0 bridgehead atoms. The summed E-state index contributed by atoms with van der Waals surface area (Å²) in [5, 5.41) is 0.00690. The lowest BCUT2D eigenvalue weighted by molar-refractivity contribution is -0.140. The Balaban J connectivity index is 3.81. The molecule has 0 aliphatic carbocycles. The number of thioether (sulfide) groups is 1. The molecule has 0 radical (unpaired) electrons. The van der Waals surface area contributed by atoms with Crippen LogP contribution in [0.3, 0.4) is 0 Å². The van der Waals surface area contributed by atoms with Crippen LogP contribution in [0.25, 0.3) is 0 Å². The van der Waals surface area contributed by atoms with Crippen LogP contribution in [0.5, 0.6) is 0 Å². The molecule has 0 saturated heterocycles. The van der Waals surface area contributed by atoms with Crippen molar-refractivity contribution in [2.45, 2.75) is 18.6 Å². The summed E-state index contributed by atoms with van der Waals surface area (Å²) in [5.74, 6) is -0.457. The number of carbonyl (C=O) groups excluding carboxylic acids is 1. The van der Waals surface area contributed by atoms with Crippen molar-refractivity contribution in [3.8, 4) is 0 Å². The number of rotatable bonds is 3. The summed E-state index contributed by atoms with van der Waals surface area (Å²) in [5.41, 5.74) is 0. The normalized spacial score (nSPS) is 17.9. The maximum atomic E-state index is 10.7. The molecular weight excluding hydrogens is 136 g/mol. The van der Waals surface area contributed by atoms with Crippen LogP contribution in [0.1, 0.15) is 14.7 Å². The minimum atomic E-state index is -0.750. The molecule has 0 amide bonds. The van der Waals surface area contributed by atoms with E-state index < -0.39 is 12.4 Å². The Morgan fingerprint density at radius 1 is 2.00 bits per heavy atom. The molecule has 0 aliphatic heterocycles. The first kappa shape index (κ1) is 6.93. The smallest absolute Gasteiger partial charge is 0.306 e. The fourth-order valence-electron chi connectivity index (χ4n) is 0.328. The monoisotopic (exact) mass is 149 g/mol. The summed E-state index contributed by atoms with van der Waals surface area (Å²) in [6.45, 7) is 1.83. The van der Waals surface area contributed by atoms with Gasteiger partial charge in [0.25, 0.3) is 0 Å². The van der Waals surface area contributed by atoms with Crippen LogP contribution in [0.2, 0.25) is 0 Å². The zero-order valence-electron chi connectivity index (χ0n) is 6.88. The Morgan fingerprint density at radius 2 is 2.56 bits per heavy atom. The van der Waals surface area contributed by atoms with Gasteiger partial charge in [-0.2, -0.15) is 11.8 Å². The van der Waals surface area contributed by atoms with Crippen LogP contribution in [0.4, 0.5) is 0 Å². The van der Waals surface area contributed by atoms with Gasteiger partial charge in [-0.1, -0.05) is 6.92 Å². The number of hydrogen-bond donors (Lipinski definition) is 0. The maximum absolute atomic E-state index is 10.7. The van der Waals surface area contributed by atoms with E-state index in [0.717, 1.165) is 0 Å². The molecule has 9 heavy (non-hydrogen) atoms. The fourth-order valence-corrected chi connectivity index (χ4v) is 0.575. The largest absolute Gasteiger partial charge is 0.469 e. The highest BCUT2D eigenvalue weighted by Gasteiger charge is 2.05. The van der Waals surface area contributed by atoms with Gasteiger partial charge in [-0.15, -0.1) is 0 Å². The van der Waals surface area contributed by atoms with Crippen molar-refractivity contribution in [2.75, 3.05) is 13.4 Å². The fraction of sp³-hybridized carbons (Fsp3) is 0.833. The van der Waals surface area contributed by atoms with Crippen molar-refractivity contribution in [1.82, 2.24) is 0 Å². The summed E-state index contributed by atoms with van der Waals surface area (Å²) < 4.78 is 11.7. The van der Waals surface area contributed by atoms with Crippen LogP contribution in [-0.4, -0.2) is 24.6 Å². The van der Waals surface area contributed by atoms with Gasteiger partial charge in [-0.05, 0) is 6.26 Å². The predicted molar refractivity (Wildman–Crippen MR) is 39.6 cm³/mol. The van der Waals surface area contributed by atoms with Gasteiger partial charge < -0.3 is 4.74 Å². The molecule has 2 nitrogen and oxygen atoms in total. The number of methoxy groups -OCH3 is 1. The average molecular weight is 149 g/mol. The topological polar surface area (TPSA) is 26.3 Å². The number of esters is 1. The summed E-state index contributed by atoms with van der Waals surface area (Å²) in [4.78, 5) is 10.7. The standard InChI is InChI=1S/C6H12O2S/c1-5(9-3)4-6(7)8-2/h5H,4H2,1-3H3/t5-/m0/s1/i4D/t4-,5-. The van der Waals surface area contributed by atoms with Gasteiger partial charge in [0.2, 0.25) is 0 Å². The lowest BCUT2D eigenvalue weighted by Gasteiger charge is -2.03. The van der Waals surface area contributed by atoms with E-state index in [1.165, 1.54) is 18.9 Å². The molecule has 0 unspecified atom stereocenters. The zero-order chi connectivity index (χ0) is 8.15. The Bertz CT molecular complexity index is 118. The van der Waals surface area contributed by atoms with Crippen LogP contribution >= 0.6 is 11.8 Å². The van der Waals surface area contributed by atoms with Crippen LogP contribution in [0, 0.1) is 0 Å². The van der Waals surface area contributed by atoms with Gasteiger partial charge >= 0.3 is 5.97 Å². The van der Waals surface area contributed by atoms with Gasteiger partial charge in [0.1, 0.15) is 0 Å². The van der Waals surface area contributed by atoms with Gasteiger partial charge in [0.15, 0.2) is 0 Å². The van der Waals surface area contributed by atoms with Gasteiger partial charge in [0, 0.05) is 6.62 Å². The molecule has 0 N–H and O–H groups in total. The van der Waals surface area contributed by atoms with E-state index >= 15 is 0 Å². The highest BCUT2D eigenvalue weighted by molar-refractivity contribution is 7.99. The van der Waals surface area contributed by atoms with Crippen LogP contribution in [0.15, 0.2) is 0 Å². The second kappa shape index (κ2) is 4.68. The van der Waals surface area contributed by atoms with Crippen molar-refractivity contribution < 1.29 is 10.9 Å². The average Bonchev–Trinajstić information content (AvgIpc) is 2.00. The highest BCUT2D eigenvalue weighted by atomic mass is 32.2. The first-order valence-electron chi connectivity index (χ1n) is 3.24. The third-order valence-corrected chi connectivity index (χ3v) is 1.82.